The molecule has 2 aliphatic rings. The molecule has 0 aromatic rings. The van der Waals surface area contributed by atoms with Gasteiger partial charge in [-0.05, 0) is 26.7 Å². The van der Waals surface area contributed by atoms with Crippen molar-refractivity contribution in [2.75, 3.05) is 13.1 Å². The predicted octanol–water partition coefficient (Wildman–Crippen LogP) is 0.218. The molecular weight excluding hydrogens is 248 g/mol. The third-order valence-corrected chi connectivity index (χ3v) is 3.88. The summed E-state index contributed by atoms with van der Waals surface area (Å²) < 4.78 is 5.71. The molecule has 19 heavy (non-hydrogen) atoms. The molecule has 2 rings (SSSR count). The van der Waals surface area contributed by atoms with E-state index in [1.54, 1.807) is 0 Å². The number of ether oxygens (including phenoxy) is 1. The molecule has 6 heteroatoms. The Morgan fingerprint density at radius 3 is 2.63 bits per heavy atom. The molecule has 2 saturated heterocycles. The van der Waals surface area contributed by atoms with Crippen molar-refractivity contribution in [1.82, 2.24) is 10.2 Å². The Labute approximate surface area is 113 Å². The van der Waals surface area contributed by atoms with E-state index in [1.165, 1.54) is 0 Å². The maximum Gasteiger partial charge on any atom is 0.305 e. The molecule has 1 amide bonds. The first kappa shape index (κ1) is 14.3. The Balaban J connectivity index is 2.10. The minimum atomic E-state index is -0.930. The number of carboxylic acid groups (broad SMARTS) is 1. The van der Waals surface area contributed by atoms with Gasteiger partial charge in [-0.25, -0.2) is 0 Å². The van der Waals surface area contributed by atoms with Crippen LogP contribution < -0.4 is 5.32 Å². The zero-order chi connectivity index (χ0) is 14.0. The quantitative estimate of drug-likeness (QED) is 0.767. The summed E-state index contributed by atoms with van der Waals surface area (Å²) in [5.41, 5.74) is 0. The molecule has 0 aromatic heterocycles. The molecule has 2 aliphatic heterocycles. The van der Waals surface area contributed by atoms with E-state index in [9.17, 15) is 9.59 Å². The second-order valence-electron chi connectivity index (χ2n) is 5.53. The van der Waals surface area contributed by atoms with Gasteiger partial charge in [-0.15, -0.1) is 0 Å². The molecule has 0 spiro atoms. The van der Waals surface area contributed by atoms with Gasteiger partial charge in [-0.1, -0.05) is 0 Å². The lowest BCUT2D eigenvalue weighted by atomic mass is 9.95. The third kappa shape index (κ3) is 3.45. The average molecular weight is 270 g/mol. The van der Waals surface area contributed by atoms with E-state index in [-0.39, 0.29) is 30.6 Å². The molecular formula is C13H22N2O4. The van der Waals surface area contributed by atoms with E-state index < -0.39 is 12.0 Å². The molecule has 108 valence electrons. The molecule has 0 radical (unpaired) electrons. The van der Waals surface area contributed by atoms with Crippen molar-refractivity contribution in [2.24, 2.45) is 0 Å². The number of carbonyl (C=O) groups excluding carboxylic acids is 1. The number of piperazine rings is 1. The highest BCUT2D eigenvalue weighted by atomic mass is 16.5. The van der Waals surface area contributed by atoms with Crippen LogP contribution in [0, 0.1) is 0 Å². The lowest BCUT2D eigenvalue weighted by molar-refractivity contribution is -0.146. The molecule has 2 heterocycles. The highest BCUT2D eigenvalue weighted by Gasteiger charge is 2.38. The van der Waals surface area contributed by atoms with E-state index in [0.717, 1.165) is 12.8 Å². The van der Waals surface area contributed by atoms with Crippen molar-refractivity contribution in [3.8, 4) is 0 Å². The van der Waals surface area contributed by atoms with Gasteiger partial charge in [0.2, 0.25) is 5.91 Å². The van der Waals surface area contributed by atoms with E-state index in [4.69, 9.17) is 9.84 Å². The minimum Gasteiger partial charge on any atom is -0.481 e. The number of hydrogen-bond acceptors (Lipinski definition) is 4. The number of carboxylic acids is 1. The Kier molecular flexibility index (Phi) is 4.42. The van der Waals surface area contributed by atoms with Gasteiger partial charge in [-0.3, -0.25) is 14.5 Å². The Bertz CT molecular complexity index is 351. The molecule has 0 saturated carbocycles. The topological polar surface area (TPSA) is 78.9 Å². The van der Waals surface area contributed by atoms with Crippen LogP contribution in [0.3, 0.4) is 0 Å². The normalized spacial score (nSPS) is 36.8. The van der Waals surface area contributed by atoms with Crippen LogP contribution in [-0.4, -0.2) is 59.3 Å². The Morgan fingerprint density at radius 1 is 1.42 bits per heavy atom. The Hall–Kier alpha value is -1.14. The Morgan fingerprint density at radius 2 is 2.05 bits per heavy atom. The second-order valence-corrected chi connectivity index (χ2v) is 5.53. The highest BCUT2D eigenvalue weighted by molar-refractivity contribution is 5.86. The van der Waals surface area contributed by atoms with Crippen molar-refractivity contribution < 1.29 is 19.4 Å². The SMILES string of the molecule is CC1CC(N2CCNC(=O)C2CC(=O)O)CC(C)O1. The second kappa shape index (κ2) is 5.88. The average Bonchev–Trinajstić information content (AvgIpc) is 2.30. The van der Waals surface area contributed by atoms with Gasteiger partial charge in [0.25, 0.3) is 0 Å². The molecule has 0 aromatic carbocycles. The van der Waals surface area contributed by atoms with Crippen LogP contribution in [-0.2, 0) is 14.3 Å². The van der Waals surface area contributed by atoms with Gasteiger partial charge < -0.3 is 15.2 Å². The van der Waals surface area contributed by atoms with Crippen LogP contribution in [0.1, 0.15) is 33.1 Å². The lowest BCUT2D eigenvalue weighted by Crippen LogP contribution is -2.60. The van der Waals surface area contributed by atoms with E-state index in [0.29, 0.717) is 13.1 Å². The fourth-order valence-corrected chi connectivity index (χ4v) is 3.19. The lowest BCUT2D eigenvalue weighted by Gasteiger charge is -2.44. The van der Waals surface area contributed by atoms with Crippen LogP contribution >= 0.6 is 0 Å². The summed E-state index contributed by atoms with van der Waals surface area (Å²) in [6.07, 6.45) is 1.89. The van der Waals surface area contributed by atoms with Crippen LogP contribution in [0.2, 0.25) is 0 Å². The van der Waals surface area contributed by atoms with Crippen molar-refractivity contribution in [3.05, 3.63) is 0 Å². The maximum atomic E-state index is 11.9. The smallest absolute Gasteiger partial charge is 0.305 e. The number of nitrogens with one attached hydrogen (secondary N) is 1. The van der Waals surface area contributed by atoms with Gasteiger partial charge in [0.05, 0.1) is 24.7 Å². The number of aliphatic carboxylic acids is 1. The fourth-order valence-electron chi connectivity index (χ4n) is 3.19. The van der Waals surface area contributed by atoms with Crippen molar-refractivity contribution in [2.45, 2.75) is 57.4 Å². The van der Waals surface area contributed by atoms with Crippen LogP contribution in [0.5, 0.6) is 0 Å². The number of nitrogens with zero attached hydrogens (tertiary/aromatic N) is 1. The first-order valence-electron chi connectivity index (χ1n) is 6.88. The standard InChI is InChI=1S/C13H22N2O4/c1-8-5-10(6-9(2)19-8)15-4-3-14-13(18)11(15)7-12(16)17/h8-11H,3-7H2,1-2H3,(H,14,18)(H,16,17). The summed E-state index contributed by atoms with van der Waals surface area (Å²) >= 11 is 0. The third-order valence-electron chi connectivity index (χ3n) is 3.88. The number of hydrogen-bond donors (Lipinski definition) is 2. The number of carbonyl (C=O) groups is 2. The maximum absolute atomic E-state index is 11.9. The predicted molar refractivity (Wildman–Crippen MR) is 68.8 cm³/mol. The van der Waals surface area contributed by atoms with Gasteiger partial charge in [0, 0.05) is 19.1 Å². The van der Waals surface area contributed by atoms with Crippen LogP contribution in [0.15, 0.2) is 0 Å². The highest BCUT2D eigenvalue weighted by Crippen LogP contribution is 2.26. The molecule has 2 N–H and O–H groups in total. The van der Waals surface area contributed by atoms with Crippen molar-refractivity contribution >= 4 is 11.9 Å². The summed E-state index contributed by atoms with van der Waals surface area (Å²) in [6, 6.07) is -0.317. The fraction of sp³-hybridized carbons (Fsp3) is 0.846. The largest absolute Gasteiger partial charge is 0.481 e. The van der Waals surface area contributed by atoms with E-state index in [1.807, 2.05) is 13.8 Å². The van der Waals surface area contributed by atoms with Gasteiger partial charge in [0.15, 0.2) is 0 Å². The number of rotatable bonds is 3. The summed E-state index contributed by atoms with van der Waals surface area (Å²) in [6.45, 7) is 5.36. The monoisotopic (exact) mass is 270 g/mol. The molecule has 3 unspecified atom stereocenters. The van der Waals surface area contributed by atoms with Crippen LogP contribution in [0.25, 0.3) is 0 Å². The first-order valence-corrected chi connectivity index (χ1v) is 6.88. The zero-order valence-electron chi connectivity index (χ0n) is 11.5. The van der Waals surface area contributed by atoms with E-state index in [2.05, 4.69) is 10.2 Å². The van der Waals surface area contributed by atoms with Crippen molar-refractivity contribution in [1.29, 1.82) is 0 Å². The summed E-state index contributed by atoms with van der Waals surface area (Å²) in [5, 5.41) is 11.7. The zero-order valence-corrected chi connectivity index (χ0v) is 11.5. The van der Waals surface area contributed by atoms with Crippen LogP contribution in [0.4, 0.5) is 0 Å². The molecule has 0 bridgehead atoms. The summed E-state index contributed by atoms with van der Waals surface area (Å²) in [7, 11) is 0. The first-order chi connectivity index (χ1) is 8.97. The molecule has 6 nitrogen and oxygen atoms in total. The van der Waals surface area contributed by atoms with Gasteiger partial charge >= 0.3 is 5.97 Å². The minimum absolute atomic E-state index is 0.133. The van der Waals surface area contributed by atoms with Crippen molar-refractivity contribution in [3.63, 3.8) is 0 Å². The summed E-state index contributed by atoms with van der Waals surface area (Å²) in [5.74, 6) is -1.10. The van der Waals surface area contributed by atoms with E-state index >= 15 is 0 Å². The molecule has 3 atom stereocenters. The van der Waals surface area contributed by atoms with Gasteiger partial charge in [-0.2, -0.15) is 0 Å². The summed E-state index contributed by atoms with van der Waals surface area (Å²) in [4.78, 5) is 24.9. The molecule has 0 aliphatic carbocycles. The molecule has 2 fully saturated rings. The van der Waals surface area contributed by atoms with Gasteiger partial charge in [0.1, 0.15) is 0 Å². The number of amides is 1.